The van der Waals surface area contributed by atoms with Crippen molar-refractivity contribution in [3.63, 3.8) is 0 Å². The van der Waals surface area contributed by atoms with Gasteiger partial charge < -0.3 is 19.8 Å². The number of phosphoric acid groups is 1. The summed E-state index contributed by atoms with van der Waals surface area (Å²) in [4.78, 5) is 23.2. The van der Waals surface area contributed by atoms with Crippen LogP contribution >= 0.6 is 7.82 Å². The largest absolute Gasteiger partial charge is 0.472 e. The second kappa shape index (κ2) is 52.7. The molecule has 8 nitrogen and oxygen atoms in total. The van der Waals surface area contributed by atoms with Crippen molar-refractivity contribution in [3.8, 4) is 0 Å². The van der Waals surface area contributed by atoms with Crippen LogP contribution in [0, 0.1) is 0 Å². The van der Waals surface area contributed by atoms with Crippen LogP contribution in [-0.4, -0.2) is 73.4 Å². The van der Waals surface area contributed by atoms with Crippen LogP contribution in [0.3, 0.4) is 0 Å². The van der Waals surface area contributed by atoms with Crippen molar-refractivity contribution in [1.82, 2.24) is 5.32 Å². The Morgan fingerprint density at radius 1 is 0.479 bits per heavy atom. The molecule has 73 heavy (non-hydrogen) atoms. The molecule has 0 fully saturated rings. The molecule has 0 aliphatic heterocycles. The molecule has 9 heteroatoms. The van der Waals surface area contributed by atoms with Gasteiger partial charge in [-0.25, -0.2) is 4.57 Å². The lowest BCUT2D eigenvalue weighted by molar-refractivity contribution is -0.870. The molecule has 410 valence electrons. The molecule has 0 rings (SSSR count). The van der Waals surface area contributed by atoms with Gasteiger partial charge in [-0.3, -0.25) is 13.8 Å². The van der Waals surface area contributed by atoms with Crippen LogP contribution in [0.2, 0.25) is 0 Å². The van der Waals surface area contributed by atoms with Gasteiger partial charge in [0, 0.05) is 6.42 Å². The van der Waals surface area contributed by atoms with E-state index in [2.05, 4.69) is 177 Å². The van der Waals surface area contributed by atoms with Gasteiger partial charge in [-0.15, -0.1) is 0 Å². The van der Waals surface area contributed by atoms with E-state index in [-0.39, 0.29) is 19.1 Å². The zero-order valence-corrected chi connectivity index (χ0v) is 47.4. The Bertz CT molecular complexity index is 1780. The van der Waals surface area contributed by atoms with E-state index in [1.165, 1.54) is 25.7 Å². The van der Waals surface area contributed by atoms with Crippen molar-refractivity contribution in [1.29, 1.82) is 0 Å². The highest BCUT2D eigenvalue weighted by molar-refractivity contribution is 7.47. The number of hydrogen-bond acceptors (Lipinski definition) is 5. The number of allylic oxidation sites excluding steroid dienone is 27. The number of likely N-dealkylation sites (N-methyl/N-ethyl adjacent to an activating group) is 1. The summed E-state index contributed by atoms with van der Waals surface area (Å²) in [6.45, 7) is 4.58. The van der Waals surface area contributed by atoms with E-state index in [4.69, 9.17) is 9.05 Å². The lowest BCUT2D eigenvalue weighted by atomic mass is 10.1. The monoisotopic (exact) mass is 1030 g/mol. The van der Waals surface area contributed by atoms with Gasteiger partial charge in [0.05, 0.1) is 39.9 Å². The molecule has 0 radical (unpaired) electrons. The maximum absolute atomic E-state index is 12.9. The fourth-order valence-electron chi connectivity index (χ4n) is 6.78. The van der Waals surface area contributed by atoms with Gasteiger partial charge in [0.25, 0.3) is 0 Å². The van der Waals surface area contributed by atoms with E-state index in [1.807, 2.05) is 27.2 Å². The topological polar surface area (TPSA) is 105 Å². The third kappa shape index (κ3) is 55.4. The minimum atomic E-state index is -4.38. The number of amides is 1. The number of aliphatic hydroxyl groups excluding tert-OH is 1. The molecule has 0 aliphatic carbocycles. The quantitative estimate of drug-likeness (QED) is 0.0243. The lowest BCUT2D eigenvalue weighted by Crippen LogP contribution is -2.45. The first-order valence-corrected chi connectivity index (χ1v) is 29.5. The van der Waals surface area contributed by atoms with E-state index in [0.29, 0.717) is 23.9 Å². The summed E-state index contributed by atoms with van der Waals surface area (Å²) in [6.07, 6.45) is 84.6. The standard InChI is InChI=1S/C64H103N2O6P/c1-6-8-10-12-14-16-18-20-22-23-24-25-26-27-28-29-30-31-32-33-34-35-36-37-38-39-40-41-42-43-44-46-48-50-52-54-56-58-64(68)65-62(61-72-73(69,70)71-60-59-66(3,4)5)63(67)57-55-53-51-49-47-45-21-19-17-15-13-11-9-7-2/h8,10,14,16-17,19-20,22,24-25,27-28,30-31,33-34,36-37,39-40,42-43,46-49,55,57,62-63,67H,6-7,9,11-13,15,18,21,23,26,29,32,35,38,41,44-45,50-54,56,58-61H2,1-5H3,(H-,65,68,69,70)/p+1/b10-8-,16-14-,19-17+,22-20-,25-24-,28-27-,31-30-,34-33-,37-36-,40-39-,43-42-,48-46-,49-47+,57-55+. The predicted molar refractivity (Wildman–Crippen MR) is 317 cm³/mol. The molecule has 0 aromatic heterocycles. The fraction of sp³-hybridized carbons (Fsp3) is 0.547. The summed E-state index contributed by atoms with van der Waals surface area (Å²) in [6, 6.07) is -0.900. The molecule has 0 aromatic rings. The number of quaternary nitrogens is 1. The molecule has 3 atom stereocenters. The molecule has 0 aliphatic rings. The first-order chi connectivity index (χ1) is 35.5. The number of rotatable bonds is 48. The van der Waals surface area contributed by atoms with Crippen LogP contribution in [-0.2, 0) is 18.4 Å². The summed E-state index contributed by atoms with van der Waals surface area (Å²) >= 11 is 0. The van der Waals surface area contributed by atoms with Crippen molar-refractivity contribution >= 4 is 13.7 Å². The van der Waals surface area contributed by atoms with Crippen molar-refractivity contribution in [2.45, 2.75) is 187 Å². The van der Waals surface area contributed by atoms with Crippen LogP contribution < -0.4 is 5.32 Å². The molecule has 0 aromatic carbocycles. The van der Waals surface area contributed by atoms with Crippen molar-refractivity contribution < 1.29 is 32.9 Å². The molecule has 0 bridgehead atoms. The maximum atomic E-state index is 12.9. The highest BCUT2D eigenvalue weighted by atomic mass is 31.2. The minimum absolute atomic E-state index is 0.0366. The number of hydrogen-bond donors (Lipinski definition) is 3. The Kier molecular flexibility index (Phi) is 49.7. The van der Waals surface area contributed by atoms with Crippen LogP contribution in [0.15, 0.2) is 170 Å². The smallest absolute Gasteiger partial charge is 0.387 e. The minimum Gasteiger partial charge on any atom is -0.387 e. The van der Waals surface area contributed by atoms with Gasteiger partial charge in [0.1, 0.15) is 13.2 Å². The van der Waals surface area contributed by atoms with E-state index < -0.39 is 20.0 Å². The summed E-state index contributed by atoms with van der Waals surface area (Å²) in [7, 11) is 1.49. The average molecular weight is 1030 g/mol. The Labute approximate surface area is 447 Å². The highest BCUT2D eigenvalue weighted by Crippen LogP contribution is 2.43. The normalized spacial score (nSPS) is 15.2. The lowest BCUT2D eigenvalue weighted by Gasteiger charge is -2.25. The third-order valence-corrected chi connectivity index (χ3v) is 12.1. The SMILES string of the molecule is CC/C=C\C/C=C\C/C=C\C/C=C\C/C=C\C/C=C\C/C=C\C/C=C\C/C=C\C/C=C\C/C=C\CCCCCC(=O)NC(COP(=O)(O)OCC[N+](C)(C)C)C(O)/C=C/CC/C=C/CC/C=C/CCCCCC. The zero-order chi connectivity index (χ0) is 53.5. The second-order valence-electron chi connectivity index (χ2n) is 19.2. The average Bonchev–Trinajstić information content (AvgIpc) is 3.35. The molecular formula is C64H104N2O6P+. The first kappa shape index (κ1) is 68.9. The first-order valence-electron chi connectivity index (χ1n) is 28.0. The Balaban J connectivity index is 4.32. The molecule has 3 unspecified atom stereocenters. The van der Waals surface area contributed by atoms with Crippen molar-refractivity contribution in [2.75, 3.05) is 40.9 Å². The van der Waals surface area contributed by atoms with E-state index in [0.717, 1.165) is 122 Å². The molecular weight excluding hydrogens is 924 g/mol. The van der Waals surface area contributed by atoms with E-state index >= 15 is 0 Å². The van der Waals surface area contributed by atoms with Gasteiger partial charge in [0.15, 0.2) is 0 Å². The van der Waals surface area contributed by atoms with Crippen LogP contribution in [0.5, 0.6) is 0 Å². The third-order valence-electron chi connectivity index (χ3n) is 11.1. The van der Waals surface area contributed by atoms with E-state index in [9.17, 15) is 19.4 Å². The van der Waals surface area contributed by atoms with Gasteiger partial charge >= 0.3 is 7.82 Å². The Morgan fingerprint density at radius 3 is 1.23 bits per heavy atom. The second-order valence-corrected chi connectivity index (χ2v) is 20.7. The Hall–Kier alpha value is -4.14. The molecule has 1 amide bonds. The number of aliphatic hydroxyl groups is 1. The number of nitrogens with one attached hydrogen (secondary N) is 1. The molecule has 3 N–H and O–H groups in total. The number of nitrogens with zero attached hydrogens (tertiary/aromatic N) is 1. The molecule has 0 saturated heterocycles. The number of carbonyl (C=O) groups is 1. The molecule has 0 spiro atoms. The summed E-state index contributed by atoms with van der Waals surface area (Å²) in [5, 5.41) is 13.8. The number of carbonyl (C=O) groups excluding carboxylic acids is 1. The van der Waals surface area contributed by atoms with E-state index in [1.54, 1.807) is 6.08 Å². The zero-order valence-electron chi connectivity index (χ0n) is 46.5. The van der Waals surface area contributed by atoms with Gasteiger partial charge in [-0.2, -0.15) is 0 Å². The number of phosphoric ester groups is 1. The Morgan fingerprint density at radius 2 is 0.836 bits per heavy atom. The number of unbranched alkanes of at least 4 members (excludes halogenated alkanes) is 9. The van der Waals surface area contributed by atoms with Gasteiger partial charge in [0.2, 0.25) is 5.91 Å². The predicted octanol–water partition coefficient (Wildman–Crippen LogP) is 17.3. The molecule has 0 saturated carbocycles. The summed E-state index contributed by atoms with van der Waals surface area (Å²) in [5.74, 6) is -0.232. The summed E-state index contributed by atoms with van der Waals surface area (Å²) < 4.78 is 23.6. The van der Waals surface area contributed by atoms with Gasteiger partial charge in [-0.05, 0) is 128 Å². The highest BCUT2D eigenvalue weighted by Gasteiger charge is 2.27. The van der Waals surface area contributed by atoms with Gasteiger partial charge in [-0.1, -0.05) is 210 Å². The maximum Gasteiger partial charge on any atom is 0.472 e. The molecule has 0 heterocycles. The fourth-order valence-corrected chi connectivity index (χ4v) is 7.52. The van der Waals surface area contributed by atoms with Crippen LogP contribution in [0.1, 0.15) is 174 Å². The summed E-state index contributed by atoms with van der Waals surface area (Å²) in [5.41, 5.74) is 0. The van der Waals surface area contributed by atoms with Crippen LogP contribution in [0.25, 0.3) is 0 Å². The van der Waals surface area contributed by atoms with Crippen molar-refractivity contribution in [2.24, 2.45) is 0 Å². The van der Waals surface area contributed by atoms with Crippen LogP contribution in [0.4, 0.5) is 0 Å². The van der Waals surface area contributed by atoms with Crippen molar-refractivity contribution in [3.05, 3.63) is 170 Å².